The largest absolute Gasteiger partial charge is 0.497 e. The van der Waals surface area contributed by atoms with Gasteiger partial charge in [-0.3, -0.25) is 9.10 Å². The van der Waals surface area contributed by atoms with Crippen molar-refractivity contribution in [1.82, 2.24) is 5.32 Å². The fourth-order valence-corrected chi connectivity index (χ4v) is 5.23. The first-order valence-electron chi connectivity index (χ1n) is 11.1. The van der Waals surface area contributed by atoms with Crippen molar-refractivity contribution < 1.29 is 27.4 Å². The van der Waals surface area contributed by atoms with Crippen LogP contribution in [-0.4, -0.2) is 54.3 Å². The van der Waals surface area contributed by atoms with Crippen molar-refractivity contribution >= 4 is 21.6 Å². The lowest BCUT2D eigenvalue weighted by Gasteiger charge is -2.25. The van der Waals surface area contributed by atoms with Crippen LogP contribution >= 0.6 is 0 Å². The van der Waals surface area contributed by atoms with Crippen LogP contribution in [0.3, 0.4) is 0 Å². The molecule has 2 aromatic rings. The normalized spacial score (nSPS) is 14.1. The van der Waals surface area contributed by atoms with Crippen molar-refractivity contribution in [1.29, 1.82) is 0 Å². The van der Waals surface area contributed by atoms with E-state index in [2.05, 4.69) is 5.32 Å². The molecule has 180 valence electrons. The Morgan fingerprint density at radius 1 is 1.03 bits per heavy atom. The van der Waals surface area contributed by atoms with Gasteiger partial charge in [-0.1, -0.05) is 25.0 Å². The first kappa shape index (κ1) is 24.9. The van der Waals surface area contributed by atoms with E-state index >= 15 is 0 Å². The Morgan fingerprint density at radius 3 is 2.39 bits per heavy atom. The van der Waals surface area contributed by atoms with Crippen molar-refractivity contribution in [2.75, 3.05) is 38.2 Å². The minimum atomic E-state index is -4.04. The van der Waals surface area contributed by atoms with Crippen LogP contribution in [0.15, 0.2) is 53.4 Å². The quantitative estimate of drug-likeness (QED) is 0.472. The van der Waals surface area contributed by atoms with Gasteiger partial charge in [-0.15, -0.1) is 0 Å². The van der Waals surface area contributed by atoms with Crippen molar-refractivity contribution in [2.24, 2.45) is 0 Å². The number of sulfonamides is 1. The van der Waals surface area contributed by atoms with Crippen LogP contribution in [0.4, 0.5) is 5.69 Å². The number of benzene rings is 2. The van der Waals surface area contributed by atoms with E-state index in [4.69, 9.17) is 14.2 Å². The summed E-state index contributed by atoms with van der Waals surface area (Å²) >= 11 is 0. The number of nitrogens with zero attached hydrogens (tertiary/aromatic N) is 1. The standard InChI is InChI=1S/C24H32N2O6S/c1-30-19-12-14-21(15-13-19)33(28,29)26(22-10-5-6-11-23(22)31-2)18-24(27)25-16-7-17-32-20-8-3-4-9-20/h5-6,10-15,20H,3-4,7-9,16-18H2,1-2H3,(H,25,27). The highest BCUT2D eigenvalue weighted by Crippen LogP contribution is 2.32. The van der Waals surface area contributed by atoms with Crippen LogP contribution in [0, 0.1) is 0 Å². The van der Waals surface area contributed by atoms with Crippen molar-refractivity contribution in [3.05, 3.63) is 48.5 Å². The van der Waals surface area contributed by atoms with E-state index in [-0.39, 0.29) is 17.1 Å². The maximum atomic E-state index is 13.5. The molecular formula is C24H32N2O6S. The van der Waals surface area contributed by atoms with Crippen LogP contribution in [0.5, 0.6) is 11.5 Å². The third-order valence-electron chi connectivity index (χ3n) is 5.59. The lowest BCUT2D eigenvalue weighted by Crippen LogP contribution is -2.41. The lowest BCUT2D eigenvalue weighted by atomic mass is 10.3. The molecule has 0 atom stereocenters. The Balaban J connectivity index is 1.71. The van der Waals surface area contributed by atoms with E-state index in [0.29, 0.717) is 37.2 Å². The Kier molecular flexibility index (Phi) is 8.96. The highest BCUT2D eigenvalue weighted by Gasteiger charge is 2.29. The maximum absolute atomic E-state index is 13.5. The summed E-state index contributed by atoms with van der Waals surface area (Å²) in [6.45, 7) is 0.609. The Hall–Kier alpha value is -2.78. The van der Waals surface area contributed by atoms with Gasteiger partial charge in [0, 0.05) is 13.2 Å². The molecule has 1 saturated carbocycles. The lowest BCUT2D eigenvalue weighted by molar-refractivity contribution is -0.119. The molecule has 0 saturated heterocycles. The molecule has 8 nitrogen and oxygen atoms in total. The molecule has 0 spiro atoms. The number of hydrogen-bond acceptors (Lipinski definition) is 6. The Labute approximate surface area is 195 Å². The van der Waals surface area contributed by atoms with Crippen LogP contribution in [0.2, 0.25) is 0 Å². The van der Waals surface area contributed by atoms with Gasteiger partial charge in [0.1, 0.15) is 18.0 Å². The summed E-state index contributed by atoms with van der Waals surface area (Å²) in [4.78, 5) is 12.8. The second-order valence-electron chi connectivity index (χ2n) is 7.84. The Bertz CT molecular complexity index is 1000. The highest BCUT2D eigenvalue weighted by molar-refractivity contribution is 7.92. The van der Waals surface area contributed by atoms with Gasteiger partial charge in [0.2, 0.25) is 5.91 Å². The number of hydrogen-bond donors (Lipinski definition) is 1. The zero-order valence-corrected chi connectivity index (χ0v) is 20.0. The predicted octanol–water partition coefficient (Wildman–Crippen LogP) is 3.36. The number of anilines is 1. The molecule has 1 aliphatic rings. The number of ether oxygens (including phenoxy) is 3. The molecule has 1 aliphatic carbocycles. The number of carbonyl (C=O) groups excluding carboxylic acids is 1. The first-order chi connectivity index (χ1) is 16.0. The Morgan fingerprint density at radius 2 is 1.73 bits per heavy atom. The average molecular weight is 477 g/mol. The topological polar surface area (TPSA) is 94.2 Å². The van der Waals surface area contributed by atoms with Gasteiger partial charge in [0.15, 0.2) is 0 Å². The number of nitrogens with one attached hydrogen (secondary N) is 1. The molecule has 0 bridgehead atoms. The molecule has 1 amide bonds. The van der Waals surface area contributed by atoms with Gasteiger partial charge in [-0.25, -0.2) is 8.42 Å². The number of methoxy groups -OCH3 is 2. The summed E-state index contributed by atoms with van der Waals surface area (Å²) in [5, 5.41) is 2.80. The summed E-state index contributed by atoms with van der Waals surface area (Å²) in [5.74, 6) is 0.488. The van der Waals surface area contributed by atoms with Crippen LogP contribution in [0.25, 0.3) is 0 Å². The van der Waals surface area contributed by atoms with E-state index in [0.717, 1.165) is 17.1 Å². The van der Waals surface area contributed by atoms with Crippen LogP contribution in [-0.2, 0) is 19.6 Å². The molecule has 0 aromatic heterocycles. The molecule has 0 unspecified atom stereocenters. The summed E-state index contributed by atoms with van der Waals surface area (Å²) in [6, 6.07) is 12.8. The third-order valence-corrected chi connectivity index (χ3v) is 7.36. The van der Waals surface area contributed by atoms with Crippen LogP contribution in [0.1, 0.15) is 32.1 Å². The SMILES string of the molecule is COc1ccc(S(=O)(=O)N(CC(=O)NCCCOC2CCCC2)c2ccccc2OC)cc1. The zero-order chi connectivity index (χ0) is 23.7. The second-order valence-corrected chi connectivity index (χ2v) is 9.70. The fraction of sp³-hybridized carbons (Fsp3) is 0.458. The van der Waals surface area contributed by atoms with E-state index in [1.54, 1.807) is 36.4 Å². The highest BCUT2D eigenvalue weighted by atomic mass is 32.2. The predicted molar refractivity (Wildman–Crippen MR) is 126 cm³/mol. The van der Waals surface area contributed by atoms with Gasteiger partial charge in [0.05, 0.1) is 30.9 Å². The summed E-state index contributed by atoms with van der Waals surface area (Å²) < 4.78 is 44.3. The number of carbonyl (C=O) groups is 1. The van der Waals surface area contributed by atoms with E-state index < -0.39 is 15.9 Å². The zero-order valence-electron chi connectivity index (χ0n) is 19.2. The number of para-hydroxylation sites is 2. The van der Waals surface area contributed by atoms with Crippen molar-refractivity contribution in [3.63, 3.8) is 0 Å². The maximum Gasteiger partial charge on any atom is 0.264 e. The van der Waals surface area contributed by atoms with Crippen LogP contribution < -0.4 is 19.1 Å². The van der Waals surface area contributed by atoms with E-state index in [9.17, 15) is 13.2 Å². The minimum absolute atomic E-state index is 0.0481. The molecule has 1 fully saturated rings. The smallest absolute Gasteiger partial charge is 0.264 e. The third kappa shape index (κ3) is 6.61. The molecule has 0 aliphatic heterocycles. The molecule has 1 N–H and O–H groups in total. The second kappa shape index (κ2) is 11.9. The number of rotatable bonds is 12. The van der Waals surface area contributed by atoms with E-state index in [1.807, 2.05) is 0 Å². The van der Waals surface area contributed by atoms with Gasteiger partial charge >= 0.3 is 0 Å². The molecule has 0 radical (unpaired) electrons. The van der Waals surface area contributed by atoms with Gasteiger partial charge in [-0.2, -0.15) is 0 Å². The molecule has 2 aromatic carbocycles. The van der Waals surface area contributed by atoms with E-state index in [1.165, 1.54) is 39.2 Å². The molecule has 33 heavy (non-hydrogen) atoms. The minimum Gasteiger partial charge on any atom is -0.497 e. The molecular weight excluding hydrogens is 444 g/mol. The van der Waals surface area contributed by atoms with Gasteiger partial charge in [0.25, 0.3) is 10.0 Å². The van der Waals surface area contributed by atoms with Gasteiger partial charge < -0.3 is 19.5 Å². The van der Waals surface area contributed by atoms with Gasteiger partial charge in [-0.05, 0) is 55.7 Å². The number of amides is 1. The summed E-state index contributed by atoms with van der Waals surface area (Å²) in [7, 11) is -1.07. The molecule has 0 heterocycles. The summed E-state index contributed by atoms with van der Waals surface area (Å²) in [6.07, 6.45) is 5.62. The molecule has 3 rings (SSSR count). The average Bonchev–Trinajstić information content (AvgIpc) is 3.36. The monoisotopic (exact) mass is 476 g/mol. The fourth-order valence-electron chi connectivity index (χ4n) is 3.80. The van der Waals surface area contributed by atoms with Crippen molar-refractivity contribution in [3.8, 4) is 11.5 Å². The van der Waals surface area contributed by atoms with Crippen molar-refractivity contribution in [2.45, 2.75) is 43.1 Å². The first-order valence-corrected chi connectivity index (χ1v) is 12.6. The summed E-state index contributed by atoms with van der Waals surface area (Å²) in [5.41, 5.74) is 0.288. The molecule has 9 heteroatoms.